The molecule has 0 aliphatic carbocycles. The van der Waals surface area contributed by atoms with Crippen molar-refractivity contribution < 1.29 is 4.79 Å². The zero-order chi connectivity index (χ0) is 13.5. The molecule has 1 fully saturated rings. The van der Waals surface area contributed by atoms with Crippen molar-refractivity contribution in [3.8, 4) is 0 Å². The predicted octanol–water partition coefficient (Wildman–Crippen LogP) is 0.563. The minimum atomic E-state index is 0.125. The fourth-order valence-electron chi connectivity index (χ4n) is 2.45. The highest BCUT2D eigenvalue weighted by Crippen LogP contribution is 2.14. The molecule has 0 unspecified atom stereocenters. The molecule has 1 aromatic heterocycles. The van der Waals surface area contributed by atoms with E-state index in [2.05, 4.69) is 27.6 Å². The first-order valence-electron chi connectivity index (χ1n) is 7.08. The van der Waals surface area contributed by atoms with E-state index < -0.39 is 0 Å². The Morgan fingerprint density at radius 3 is 3.21 bits per heavy atom. The molecule has 19 heavy (non-hydrogen) atoms. The number of hydrogen-bond acceptors (Lipinski definition) is 4. The molecule has 6 nitrogen and oxygen atoms in total. The van der Waals surface area contributed by atoms with Gasteiger partial charge in [-0.2, -0.15) is 5.10 Å². The van der Waals surface area contributed by atoms with Crippen LogP contribution in [0.5, 0.6) is 0 Å². The van der Waals surface area contributed by atoms with Crippen LogP contribution in [0.15, 0.2) is 12.7 Å². The molecule has 1 saturated heterocycles. The molecule has 6 heteroatoms. The molecule has 0 saturated carbocycles. The number of rotatable bonds is 6. The lowest BCUT2D eigenvalue weighted by atomic mass is 9.93. The van der Waals surface area contributed by atoms with Crippen LogP contribution in [0, 0.1) is 5.92 Å². The number of carbonyl (C=O) groups excluding carboxylic acids is 1. The van der Waals surface area contributed by atoms with Gasteiger partial charge in [0.15, 0.2) is 0 Å². The highest BCUT2D eigenvalue weighted by Gasteiger charge is 2.20. The Bertz CT molecular complexity index is 378. The van der Waals surface area contributed by atoms with Gasteiger partial charge in [0.05, 0.1) is 0 Å². The third-order valence-corrected chi connectivity index (χ3v) is 3.71. The third-order valence-electron chi connectivity index (χ3n) is 3.71. The summed E-state index contributed by atoms with van der Waals surface area (Å²) < 4.78 is 1.75. The quantitative estimate of drug-likeness (QED) is 0.788. The van der Waals surface area contributed by atoms with Gasteiger partial charge in [0.25, 0.3) is 0 Å². The van der Waals surface area contributed by atoms with E-state index in [1.807, 2.05) is 0 Å². The number of nitrogens with one attached hydrogen (secondary N) is 2. The zero-order valence-electron chi connectivity index (χ0n) is 11.5. The van der Waals surface area contributed by atoms with E-state index in [1.165, 1.54) is 19.2 Å². The molecule has 2 rings (SSSR count). The number of aromatic nitrogens is 3. The zero-order valence-corrected chi connectivity index (χ0v) is 11.5. The minimum absolute atomic E-state index is 0.125. The van der Waals surface area contributed by atoms with Crippen molar-refractivity contribution in [2.45, 2.75) is 45.2 Å². The first-order chi connectivity index (χ1) is 9.25. The number of aryl methyl sites for hydroxylation is 1. The first-order valence-corrected chi connectivity index (χ1v) is 7.08. The van der Waals surface area contributed by atoms with Gasteiger partial charge in [-0.15, -0.1) is 0 Å². The van der Waals surface area contributed by atoms with Gasteiger partial charge in [-0.05, 0) is 31.7 Å². The van der Waals surface area contributed by atoms with Gasteiger partial charge in [-0.3, -0.25) is 9.48 Å². The van der Waals surface area contributed by atoms with E-state index in [9.17, 15) is 4.79 Å². The average molecular weight is 265 g/mol. The Balaban J connectivity index is 1.59. The summed E-state index contributed by atoms with van der Waals surface area (Å²) in [4.78, 5) is 15.6. The van der Waals surface area contributed by atoms with E-state index in [1.54, 1.807) is 11.0 Å². The van der Waals surface area contributed by atoms with Crippen LogP contribution in [0.2, 0.25) is 0 Å². The summed E-state index contributed by atoms with van der Waals surface area (Å²) in [5, 5.41) is 10.5. The second kappa shape index (κ2) is 7.23. The molecule has 2 atom stereocenters. The van der Waals surface area contributed by atoms with E-state index in [0.717, 1.165) is 26.1 Å². The van der Waals surface area contributed by atoms with Crippen molar-refractivity contribution in [2.75, 3.05) is 13.1 Å². The number of amides is 1. The number of hydrogen-bond donors (Lipinski definition) is 2. The highest BCUT2D eigenvalue weighted by molar-refractivity contribution is 5.75. The van der Waals surface area contributed by atoms with Crippen molar-refractivity contribution in [3.05, 3.63) is 12.7 Å². The number of carbonyl (C=O) groups is 1. The molecule has 1 aromatic rings. The maximum Gasteiger partial charge on any atom is 0.220 e. The van der Waals surface area contributed by atoms with Gasteiger partial charge >= 0.3 is 0 Å². The van der Waals surface area contributed by atoms with Crippen molar-refractivity contribution in [1.29, 1.82) is 0 Å². The second-order valence-corrected chi connectivity index (χ2v) is 5.25. The maximum atomic E-state index is 11.7. The second-order valence-electron chi connectivity index (χ2n) is 5.25. The van der Waals surface area contributed by atoms with Crippen LogP contribution in [0.4, 0.5) is 0 Å². The van der Waals surface area contributed by atoms with Crippen molar-refractivity contribution in [1.82, 2.24) is 25.4 Å². The predicted molar refractivity (Wildman–Crippen MR) is 72.5 cm³/mol. The molecule has 2 N–H and O–H groups in total. The molecule has 1 aliphatic rings. The Kier molecular flexibility index (Phi) is 5.32. The van der Waals surface area contributed by atoms with E-state index in [0.29, 0.717) is 18.4 Å². The lowest BCUT2D eigenvalue weighted by Crippen LogP contribution is -2.47. The van der Waals surface area contributed by atoms with Crippen LogP contribution in [0.25, 0.3) is 0 Å². The topological polar surface area (TPSA) is 71.8 Å². The average Bonchev–Trinajstić information content (AvgIpc) is 2.91. The molecular formula is C13H23N5O. The summed E-state index contributed by atoms with van der Waals surface area (Å²) in [7, 11) is 0. The maximum absolute atomic E-state index is 11.7. The molecule has 0 spiro atoms. The first kappa shape index (κ1) is 14.0. The Labute approximate surface area is 114 Å². The van der Waals surface area contributed by atoms with Crippen molar-refractivity contribution >= 4 is 5.91 Å². The van der Waals surface area contributed by atoms with Crippen molar-refractivity contribution in [3.63, 3.8) is 0 Å². The number of nitrogens with zero attached hydrogens (tertiary/aromatic N) is 3. The molecular weight excluding hydrogens is 242 g/mol. The fourth-order valence-corrected chi connectivity index (χ4v) is 2.45. The van der Waals surface area contributed by atoms with Gasteiger partial charge in [-0.25, -0.2) is 4.98 Å². The van der Waals surface area contributed by atoms with E-state index >= 15 is 0 Å². The molecule has 106 valence electrons. The van der Waals surface area contributed by atoms with Gasteiger partial charge in [-0.1, -0.05) is 6.92 Å². The third kappa shape index (κ3) is 4.63. The van der Waals surface area contributed by atoms with Crippen LogP contribution < -0.4 is 10.6 Å². The van der Waals surface area contributed by atoms with Gasteiger partial charge in [0.2, 0.25) is 5.91 Å². The van der Waals surface area contributed by atoms with Crippen LogP contribution >= 0.6 is 0 Å². The summed E-state index contributed by atoms with van der Waals surface area (Å²) in [6.07, 6.45) is 7.01. The molecule has 2 heterocycles. The lowest BCUT2D eigenvalue weighted by molar-refractivity contribution is -0.121. The normalized spacial score (nSPS) is 23.2. The van der Waals surface area contributed by atoms with Crippen LogP contribution in [-0.4, -0.2) is 39.8 Å². The summed E-state index contributed by atoms with van der Waals surface area (Å²) in [5.74, 6) is 0.767. The lowest BCUT2D eigenvalue weighted by Gasteiger charge is -2.30. The molecule has 1 aliphatic heterocycles. The summed E-state index contributed by atoms with van der Waals surface area (Å²) in [5.41, 5.74) is 0. The van der Waals surface area contributed by atoms with Gasteiger partial charge < -0.3 is 10.6 Å². The highest BCUT2D eigenvalue weighted by atomic mass is 16.1. The van der Waals surface area contributed by atoms with E-state index in [-0.39, 0.29) is 5.91 Å². The molecule has 1 amide bonds. The van der Waals surface area contributed by atoms with Crippen LogP contribution in [0.1, 0.15) is 32.6 Å². The molecule has 0 aromatic carbocycles. The molecule has 0 radical (unpaired) electrons. The minimum Gasteiger partial charge on any atom is -0.355 e. The Morgan fingerprint density at radius 2 is 2.47 bits per heavy atom. The number of piperidine rings is 1. The molecule has 0 bridgehead atoms. The SMILES string of the molecule is C[C@H]1CCCN[C@@H]1CNC(=O)CCCn1cncn1. The van der Waals surface area contributed by atoms with E-state index in [4.69, 9.17) is 0 Å². The summed E-state index contributed by atoms with van der Waals surface area (Å²) in [6, 6.07) is 0.424. The van der Waals surface area contributed by atoms with Gasteiger partial charge in [0.1, 0.15) is 12.7 Å². The summed E-state index contributed by atoms with van der Waals surface area (Å²) in [6.45, 7) is 4.79. The summed E-state index contributed by atoms with van der Waals surface area (Å²) >= 11 is 0. The monoisotopic (exact) mass is 265 g/mol. The Morgan fingerprint density at radius 1 is 1.58 bits per heavy atom. The largest absolute Gasteiger partial charge is 0.355 e. The fraction of sp³-hybridized carbons (Fsp3) is 0.769. The smallest absolute Gasteiger partial charge is 0.220 e. The van der Waals surface area contributed by atoms with Gasteiger partial charge in [0, 0.05) is 25.6 Å². The van der Waals surface area contributed by atoms with Crippen molar-refractivity contribution in [2.24, 2.45) is 5.92 Å². The standard InChI is InChI=1S/C13H23N5O/c1-11-4-2-6-15-12(11)8-16-13(19)5-3-7-18-10-14-9-17-18/h9-12,15H,2-8H2,1H3,(H,16,19)/t11-,12+/m0/s1. The van der Waals surface area contributed by atoms with Crippen LogP contribution in [0.3, 0.4) is 0 Å². The van der Waals surface area contributed by atoms with Crippen LogP contribution in [-0.2, 0) is 11.3 Å². The Hall–Kier alpha value is -1.43.